The SMILES string of the molecule is CCN(C(=O)C1CC(C)N(C(=O)c2ccc(OC)cc2)c2ccccc21)c1ccc(C(F)(F)F)cc1. The predicted octanol–water partition coefficient (Wildman–Crippen LogP) is 6.29. The van der Waals surface area contributed by atoms with E-state index in [1.54, 1.807) is 43.2 Å². The molecule has 8 heteroatoms. The van der Waals surface area contributed by atoms with Gasteiger partial charge in [-0.25, -0.2) is 0 Å². The third kappa shape index (κ3) is 4.80. The topological polar surface area (TPSA) is 49.9 Å². The van der Waals surface area contributed by atoms with Crippen molar-refractivity contribution in [3.8, 4) is 5.75 Å². The summed E-state index contributed by atoms with van der Waals surface area (Å²) in [5.41, 5.74) is 1.50. The van der Waals surface area contributed by atoms with Crippen LogP contribution >= 0.6 is 0 Å². The first kappa shape index (κ1) is 25.3. The second kappa shape index (κ2) is 10.0. The van der Waals surface area contributed by atoms with Crippen LogP contribution in [0.3, 0.4) is 0 Å². The molecule has 0 spiro atoms. The van der Waals surface area contributed by atoms with Crippen LogP contribution < -0.4 is 14.5 Å². The molecule has 0 N–H and O–H groups in total. The van der Waals surface area contributed by atoms with Gasteiger partial charge < -0.3 is 14.5 Å². The Hall–Kier alpha value is -3.81. The molecule has 0 fully saturated rings. The van der Waals surface area contributed by atoms with E-state index in [0.717, 1.165) is 12.1 Å². The normalized spacial score (nSPS) is 17.3. The predicted molar refractivity (Wildman–Crippen MR) is 133 cm³/mol. The first-order chi connectivity index (χ1) is 17.2. The van der Waals surface area contributed by atoms with Crippen LogP contribution in [0.15, 0.2) is 72.8 Å². The number of amides is 2. The number of anilines is 2. The molecule has 2 unspecified atom stereocenters. The molecule has 5 nitrogen and oxygen atoms in total. The lowest BCUT2D eigenvalue weighted by Crippen LogP contribution is -2.46. The van der Waals surface area contributed by atoms with Crippen LogP contribution in [-0.2, 0) is 11.0 Å². The van der Waals surface area contributed by atoms with Crippen LogP contribution in [0.5, 0.6) is 5.75 Å². The Morgan fingerprint density at radius 1 is 1.00 bits per heavy atom. The highest BCUT2D eigenvalue weighted by atomic mass is 19.4. The first-order valence-electron chi connectivity index (χ1n) is 11.7. The second-order valence-corrected chi connectivity index (χ2v) is 8.73. The molecular weight excluding hydrogens is 469 g/mol. The van der Waals surface area contributed by atoms with E-state index in [1.807, 2.05) is 31.2 Å². The minimum absolute atomic E-state index is 0.182. The Labute approximate surface area is 208 Å². The molecule has 188 valence electrons. The largest absolute Gasteiger partial charge is 0.497 e. The van der Waals surface area contributed by atoms with E-state index < -0.39 is 17.7 Å². The molecule has 1 aliphatic rings. The van der Waals surface area contributed by atoms with E-state index in [4.69, 9.17) is 4.74 Å². The van der Waals surface area contributed by atoms with E-state index in [1.165, 1.54) is 17.0 Å². The summed E-state index contributed by atoms with van der Waals surface area (Å²) in [6, 6.07) is 18.5. The van der Waals surface area contributed by atoms with E-state index >= 15 is 0 Å². The van der Waals surface area contributed by atoms with Crippen molar-refractivity contribution in [3.63, 3.8) is 0 Å². The fourth-order valence-corrected chi connectivity index (χ4v) is 4.71. The van der Waals surface area contributed by atoms with Crippen LogP contribution in [0.4, 0.5) is 24.5 Å². The Morgan fingerprint density at radius 3 is 2.22 bits per heavy atom. The summed E-state index contributed by atoms with van der Waals surface area (Å²) < 4.78 is 44.2. The smallest absolute Gasteiger partial charge is 0.416 e. The van der Waals surface area contributed by atoms with Gasteiger partial charge in [0.15, 0.2) is 0 Å². The van der Waals surface area contributed by atoms with Crippen molar-refractivity contribution in [2.45, 2.75) is 38.4 Å². The van der Waals surface area contributed by atoms with Crippen molar-refractivity contribution in [2.24, 2.45) is 0 Å². The van der Waals surface area contributed by atoms with E-state index in [9.17, 15) is 22.8 Å². The summed E-state index contributed by atoms with van der Waals surface area (Å²) in [6.45, 7) is 3.98. The van der Waals surface area contributed by atoms with Gasteiger partial charge in [-0.2, -0.15) is 13.2 Å². The minimum atomic E-state index is -4.45. The minimum Gasteiger partial charge on any atom is -0.497 e. The van der Waals surface area contributed by atoms with Gasteiger partial charge in [-0.05, 0) is 80.4 Å². The standard InChI is InChI=1S/C28H27F3N2O3/c1-4-32(21-13-11-20(12-14-21)28(29,30)31)27(35)24-17-18(2)33(25-8-6-5-7-23(24)25)26(34)19-9-15-22(36-3)16-10-19/h5-16,18,24H,4,17H2,1-3H3. The van der Waals surface area contributed by atoms with Crippen LogP contribution in [0.25, 0.3) is 0 Å². The Morgan fingerprint density at radius 2 is 1.64 bits per heavy atom. The molecule has 3 aromatic rings. The number of rotatable bonds is 5. The van der Waals surface area contributed by atoms with Crippen LogP contribution in [-0.4, -0.2) is 31.5 Å². The lowest BCUT2D eigenvalue weighted by molar-refractivity contribution is -0.137. The van der Waals surface area contributed by atoms with Crippen molar-refractivity contribution >= 4 is 23.2 Å². The van der Waals surface area contributed by atoms with Gasteiger partial charge in [0.2, 0.25) is 5.91 Å². The number of hydrogen-bond acceptors (Lipinski definition) is 3. The number of ether oxygens (including phenoxy) is 1. The number of methoxy groups -OCH3 is 1. The summed E-state index contributed by atoms with van der Waals surface area (Å²) in [5, 5.41) is 0. The zero-order chi connectivity index (χ0) is 26.0. The maximum Gasteiger partial charge on any atom is 0.416 e. The van der Waals surface area contributed by atoms with Crippen molar-refractivity contribution in [1.29, 1.82) is 0 Å². The number of carbonyl (C=O) groups excluding carboxylic acids is 2. The second-order valence-electron chi connectivity index (χ2n) is 8.73. The Kier molecular flexibility index (Phi) is 7.06. The van der Waals surface area contributed by atoms with Gasteiger partial charge in [-0.15, -0.1) is 0 Å². The number of fused-ring (bicyclic) bond motifs is 1. The van der Waals surface area contributed by atoms with Gasteiger partial charge in [-0.1, -0.05) is 18.2 Å². The average molecular weight is 497 g/mol. The fourth-order valence-electron chi connectivity index (χ4n) is 4.71. The number of halogens is 3. The van der Waals surface area contributed by atoms with Gasteiger partial charge in [0.25, 0.3) is 5.91 Å². The summed E-state index contributed by atoms with van der Waals surface area (Å²) >= 11 is 0. The molecular formula is C28H27F3N2O3. The summed E-state index contributed by atoms with van der Waals surface area (Å²) in [7, 11) is 1.56. The fraction of sp³-hybridized carbons (Fsp3) is 0.286. The van der Waals surface area contributed by atoms with E-state index in [2.05, 4.69) is 0 Å². The molecule has 0 saturated heterocycles. The maximum absolute atomic E-state index is 13.7. The van der Waals surface area contributed by atoms with Crippen molar-refractivity contribution in [3.05, 3.63) is 89.5 Å². The molecule has 0 saturated carbocycles. The highest BCUT2D eigenvalue weighted by molar-refractivity contribution is 6.09. The van der Waals surface area contributed by atoms with Crippen LogP contribution in [0.2, 0.25) is 0 Å². The number of para-hydroxylation sites is 1. The molecule has 0 aromatic heterocycles. The molecule has 2 amide bonds. The zero-order valence-corrected chi connectivity index (χ0v) is 20.3. The number of likely N-dealkylation sites (N-methyl/N-ethyl adjacent to an activating group) is 1. The lowest BCUT2D eigenvalue weighted by atomic mass is 9.84. The third-order valence-corrected chi connectivity index (χ3v) is 6.53. The van der Waals surface area contributed by atoms with Gasteiger partial charge in [0, 0.05) is 29.5 Å². The van der Waals surface area contributed by atoms with E-state index in [-0.39, 0.29) is 17.9 Å². The number of alkyl halides is 3. The number of benzene rings is 3. The van der Waals surface area contributed by atoms with Crippen molar-refractivity contribution in [1.82, 2.24) is 0 Å². The van der Waals surface area contributed by atoms with Crippen LogP contribution in [0.1, 0.15) is 47.7 Å². The maximum atomic E-state index is 13.7. The lowest BCUT2D eigenvalue weighted by Gasteiger charge is -2.40. The molecule has 3 aromatic carbocycles. The molecule has 0 bridgehead atoms. The molecule has 4 rings (SSSR count). The first-order valence-corrected chi connectivity index (χ1v) is 11.7. The van der Waals surface area contributed by atoms with Gasteiger partial charge in [-0.3, -0.25) is 9.59 Å². The summed E-state index contributed by atoms with van der Waals surface area (Å²) in [6.07, 6.45) is -4.06. The molecule has 2 atom stereocenters. The third-order valence-electron chi connectivity index (χ3n) is 6.53. The molecule has 0 aliphatic carbocycles. The Bertz CT molecular complexity index is 1240. The average Bonchev–Trinajstić information content (AvgIpc) is 2.88. The molecule has 36 heavy (non-hydrogen) atoms. The molecule has 1 aliphatic heterocycles. The van der Waals surface area contributed by atoms with Gasteiger partial charge >= 0.3 is 6.18 Å². The monoisotopic (exact) mass is 496 g/mol. The zero-order valence-electron chi connectivity index (χ0n) is 20.3. The Balaban J connectivity index is 1.65. The van der Waals surface area contributed by atoms with Gasteiger partial charge in [0.1, 0.15) is 5.75 Å². The molecule has 1 heterocycles. The highest BCUT2D eigenvalue weighted by Crippen LogP contribution is 2.41. The number of nitrogens with zero attached hydrogens (tertiary/aromatic N) is 2. The number of carbonyl (C=O) groups is 2. The highest BCUT2D eigenvalue weighted by Gasteiger charge is 2.39. The number of hydrogen-bond donors (Lipinski definition) is 0. The summed E-state index contributed by atoms with van der Waals surface area (Å²) in [4.78, 5) is 30.4. The quantitative estimate of drug-likeness (QED) is 0.417. The van der Waals surface area contributed by atoms with Crippen molar-refractivity contribution in [2.75, 3.05) is 23.5 Å². The summed E-state index contributed by atoms with van der Waals surface area (Å²) in [5.74, 6) is -0.294. The van der Waals surface area contributed by atoms with Gasteiger partial charge in [0.05, 0.1) is 18.6 Å². The van der Waals surface area contributed by atoms with Crippen molar-refractivity contribution < 1.29 is 27.5 Å². The van der Waals surface area contributed by atoms with Crippen LogP contribution in [0, 0.1) is 0 Å². The van der Waals surface area contributed by atoms with E-state index in [0.29, 0.717) is 41.2 Å². The molecule has 0 radical (unpaired) electrons.